The molecule has 2 aromatic rings. The Labute approximate surface area is 191 Å². The van der Waals surface area contributed by atoms with Crippen LogP contribution in [0.15, 0.2) is 9.59 Å². The van der Waals surface area contributed by atoms with Gasteiger partial charge in [-0.2, -0.15) is 0 Å². The zero-order valence-electron chi connectivity index (χ0n) is 18.8. The van der Waals surface area contributed by atoms with Gasteiger partial charge in [-0.25, -0.2) is 18.0 Å². The first-order chi connectivity index (χ1) is 16.1. The summed E-state index contributed by atoms with van der Waals surface area (Å²) in [6, 6.07) is -1.67. The molecule has 1 aromatic carbocycles. The SMILES string of the molecule is COc1c(N2CCC(C(N)C(CF)(CF)C(F)F)C2)c(F)c(C)c2c(=O)[nH]c(=O)n(C3CC3)c12. The summed E-state index contributed by atoms with van der Waals surface area (Å²) >= 11 is 0. The van der Waals surface area contributed by atoms with E-state index in [2.05, 4.69) is 4.98 Å². The second-order valence-electron chi connectivity index (χ2n) is 9.23. The topological polar surface area (TPSA) is 93.3 Å². The zero-order valence-corrected chi connectivity index (χ0v) is 18.8. The van der Waals surface area contributed by atoms with Crippen molar-refractivity contribution in [1.29, 1.82) is 0 Å². The molecule has 3 N–H and O–H groups in total. The molecule has 4 rings (SSSR count). The van der Waals surface area contributed by atoms with Gasteiger partial charge < -0.3 is 15.4 Å². The maximum absolute atomic E-state index is 15.6. The quantitative estimate of drug-likeness (QED) is 0.556. The van der Waals surface area contributed by atoms with E-state index in [1.54, 1.807) is 0 Å². The number of rotatable bonds is 8. The van der Waals surface area contributed by atoms with Gasteiger partial charge in [-0.05, 0) is 32.1 Å². The van der Waals surface area contributed by atoms with Gasteiger partial charge in [0.2, 0.25) is 0 Å². The smallest absolute Gasteiger partial charge is 0.329 e. The molecular weight excluding hydrogens is 463 g/mol. The molecule has 2 aliphatic rings. The van der Waals surface area contributed by atoms with Crippen LogP contribution in [0.25, 0.3) is 10.9 Å². The van der Waals surface area contributed by atoms with Crippen LogP contribution >= 0.6 is 0 Å². The Morgan fingerprint density at radius 1 is 1.21 bits per heavy atom. The second kappa shape index (κ2) is 8.86. The number of alkyl halides is 4. The molecule has 0 radical (unpaired) electrons. The van der Waals surface area contributed by atoms with E-state index in [1.807, 2.05) is 0 Å². The van der Waals surface area contributed by atoms with E-state index < -0.39 is 54.2 Å². The number of anilines is 1. The minimum Gasteiger partial charge on any atom is -0.492 e. The maximum Gasteiger partial charge on any atom is 0.329 e. The van der Waals surface area contributed by atoms with Crippen molar-refractivity contribution in [2.75, 3.05) is 38.4 Å². The predicted octanol–water partition coefficient (Wildman–Crippen LogP) is 2.82. The van der Waals surface area contributed by atoms with E-state index in [-0.39, 0.29) is 53.5 Å². The highest BCUT2D eigenvalue weighted by Gasteiger charge is 2.50. The van der Waals surface area contributed by atoms with Crippen molar-refractivity contribution >= 4 is 16.6 Å². The highest BCUT2D eigenvalue weighted by Crippen LogP contribution is 2.46. The summed E-state index contributed by atoms with van der Waals surface area (Å²) in [5.41, 5.74) is 2.07. The van der Waals surface area contributed by atoms with Crippen molar-refractivity contribution in [3.63, 3.8) is 0 Å². The van der Waals surface area contributed by atoms with Gasteiger partial charge in [-0.1, -0.05) is 0 Å². The molecule has 34 heavy (non-hydrogen) atoms. The van der Waals surface area contributed by atoms with E-state index in [4.69, 9.17) is 10.5 Å². The highest BCUT2D eigenvalue weighted by atomic mass is 19.3. The Hall–Kier alpha value is -2.63. The van der Waals surface area contributed by atoms with Crippen LogP contribution in [0.5, 0.6) is 5.75 Å². The van der Waals surface area contributed by atoms with Crippen molar-refractivity contribution in [2.45, 2.75) is 44.7 Å². The maximum atomic E-state index is 15.6. The first-order valence-electron chi connectivity index (χ1n) is 11.1. The number of ether oxygens (including phenoxy) is 1. The van der Waals surface area contributed by atoms with E-state index >= 15 is 4.39 Å². The minimum atomic E-state index is -3.31. The number of benzene rings is 1. The number of H-pyrrole nitrogens is 1. The molecule has 188 valence electrons. The molecule has 2 fully saturated rings. The van der Waals surface area contributed by atoms with Crippen molar-refractivity contribution in [3.05, 3.63) is 32.2 Å². The molecule has 0 amide bonds. The summed E-state index contributed by atoms with van der Waals surface area (Å²) in [4.78, 5) is 28.9. The van der Waals surface area contributed by atoms with Gasteiger partial charge in [-0.15, -0.1) is 0 Å². The zero-order chi connectivity index (χ0) is 24.9. The average molecular weight is 490 g/mol. The van der Waals surface area contributed by atoms with Gasteiger partial charge in [0.25, 0.3) is 12.0 Å². The fourth-order valence-electron chi connectivity index (χ4n) is 5.01. The molecule has 12 heteroatoms. The van der Waals surface area contributed by atoms with Crippen molar-refractivity contribution in [1.82, 2.24) is 9.55 Å². The van der Waals surface area contributed by atoms with Crippen LogP contribution in [0.1, 0.15) is 30.9 Å². The van der Waals surface area contributed by atoms with Gasteiger partial charge in [-0.3, -0.25) is 23.1 Å². The molecular formula is C22H27F5N4O3. The van der Waals surface area contributed by atoms with Crippen LogP contribution in [0, 0.1) is 24.1 Å². The monoisotopic (exact) mass is 490 g/mol. The van der Waals surface area contributed by atoms with E-state index in [9.17, 15) is 27.2 Å². The number of hydrogen-bond donors (Lipinski definition) is 2. The van der Waals surface area contributed by atoms with Crippen LogP contribution < -0.4 is 26.6 Å². The van der Waals surface area contributed by atoms with E-state index in [0.29, 0.717) is 12.8 Å². The molecule has 2 atom stereocenters. The van der Waals surface area contributed by atoms with Gasteiger partial charge in [0, 0.05) is 30.7 Å². The van der Waals surface area contributed by atoms with Crippen LogP contribution in [-0.2, 0) is 0 Å². The summed E-state index contributed by atoms with van der Waals surface area (Å²) < 4.78 is 76.8. The lowest BCUT2D eigenvalue weighted by atomic mass is 9.76. The molecule has 0 spiro atoms. The molecule has 0 bridgehead atoms. The third-order valence-electron chi connectivity index (χ3n) is 7.25. The molecule has 2 heterocycles. The Balaban J connectivity index is 1.83. The van der Waals surface area contributed by atoms with Crippen LogP contribution in [-0.4, -0.2) is 55.6 Å². The van der Waals surface area contributed by atoms with E-state index in [0.717, 1.165) is 0 Å². The molecule has 7 nitrogen and oxygen atoms in total. The fourth-order valence-corrected chi connectivity index (χ4v) is 5.01. The van der Waals surface area contributed by atoms with Crippen molar-refractivity contribution in [3.8, 4) is 5.75 Å². The standard InChI is InChI=1S/C22H27F5N4O3/c1-10-13-15(31(12-3-4-12)21(33)29-19(13)32)17(34-2)16(14(10)25)30-6-5-11(7-30)18(28)22(8-23,9-24)20(26)27/h11-12,18,20H,3-9,28H2,1-2H3,(H,29,32,33). The number of nitrogens with two attached hydrogens (primary N) is 1. The van der Waals surface area contributed by atoms with E-state index in [1.165, 1.54) is 23.5 Å². The van der Waals surface area contributed by atoms with Crippen LogP contribution in [0.3, 0.4) is 0 Å². The number of aromatic amines is 1. The summed E-state index contributed by atoms with van der Waals surface area (Å²) in [6.07, 6.45) is -1.70. The molecule has 2 unspecified atom stereocenters. The third-order valence-corrected chi connectivity index (χ3v) is 7.25. The van der Waals surface area contributed by atoms with Crippen molar-refractivity contribution in [2.24, 2.45) is 17.1 Å². The Morgan fingerprint density at radius 2 is 1.85 bits per heavy atom. The number of hydrogen-bond acceptors (Lipinski definition) is 5. The lowest BCUT2D eigenvalue weighted by molar-refractivity contribution is -0.0639. The van der Waals surface area contributed by atoms with Gasteiger partial charge in [0.05, 0.1) is 12.5 Å². The summed E-state index contributed by atoms with van der Waals surface area (Å²) in [7, 11) is 1.28. The summed E-state index contributed by atoms with van der Waals surface area (Å²) in [5.74, 6) is -1.54. The number of halogens is 5. The summed E-state index contributed by atoms with van der Waals surface area (Å²) in [6.45, 7) is -1.73. The predicted molar refractivity (Wildman–Crippen MR) is 117 cm³/mol. The van der Waals surface area contributed by atoms with Crippen LogP contribution in [0.4, 0.5) is 27.6 Å². The Morgan fingerprint density at radius 3 is 2.38 bits per heavy atom. The van der Waals surface area contributed by atoms with Crippen LogP contribution in [0.2, 0.25) is 0 Å². The van der Waals surface area contributed by atoms with Gasteiger partial charge in [0.15, 0.2) is 11.6 Å². The highest BCUT2D eigenvalue weighted by molar-refractivity contribution is 5.93. The largest absolute Gasteiger partial charge is 0.492 e. The lowest BCUT2D eigenvalue weighted by Gasteiger charge is -2.36. The number of aryl methyl sites for hydroxylation is 1. The first kappa shape index (κ1) is 24.5. The molecule has 1 saturated heterocycles. The second-order valence-corrected chi connectivity index (χ2v) is 9.23. The van der Waals surface area contributed by atoms with Gasteiger partial charge in [0.1, 0.15) is 30.0 Å². The summed E-state index contributed by atoms with van der Waals surface area (Å²) in [5, 5.41) is -0.0105. The molecule has 1 saturated carbocycles. The number of nitrogens with one attached hydrogen (secondary N) is 1. The molecule has 1 aliphatic carbocycles. The normalized spacial score (nSPS) is 19.9. The number of fused-ring (bicyclic) bond motifs is 1. The first-order valence-corrected chi connectivity index (χ1v) is 11.1. The average Bonchev–Trinajstić information content (AvgIpc) is 3.51. The molecule has 1 aliphatic heterocycles. The minimum absolute atomic E-state index is 0.00337. The number of methoxy groups -OCH3 is 1. The molecule has 1 aromatic heterocycles. The lowest BCUT2D eigenvalue weighted by Crippen LogP contribution is -2.54. The van der Waals surface area contributed by atoms with Gasteiger partial charge >= 0.3 is 5.69 Å². The Kier molecular flexibility index (Phi) is 6.38. The Bertz CT molecular complexity index is 1210. The third kappa shape index (κ3) is 3.57. The van der Waals surface area contributed by atoms with Crippen molar-refractivity contribution < 1.29 is 26.7 Å². The number of aromatic nitrogens is 2. The fraction of sp³-hybridized carbons (Fsp3) is 0.636. The number of nitrogens with zero attached hydrogens (tertiary/aromatic N) is 2.